The molecule has 2 amide bonds. The first-order chi connectivity index (χ1) is 13.9. The van der Waals surface area contributed by atoms with Gasteiger partial charge in [-0.3, -0.25) is 19.7 Å². The van der Waals surface area contributed by atoms with Gasteiger partial charge < -0.3 is 15.1 Å². The Morgan fingerprint density at radius 2 is 1.90 bits per heavy atom. The van der Waals surface area contributed by atoms with E-state index in [0.29, 0.717) is 34.1 Å². The van der Waals surface area contributed by atoms with Crippen LogP contribution in [0.5, 0.6) is 0 Å². The van der Waals surface area contributed by atoms with Crippen LogP contribution in [0.4, 0.5) is 17.1 Å². The first-order valence-corrected chi connectivity index (χ1v) is 9.00. The fourth-order valence-electron chi connectivity index (χ4n) is 2.52. The van der Waals surface area contributed by atoms with Gasteiger partial charge in [0.25, 0.3) is 11.6 Å². The van der Waals surface area contributed by atoms with E-state index in [1.54, 1.807) is 31.2 Å². The summed E-state index contributed by atoms with van der Waals surface area (Å²) >= 11 is 6.12. The summed E-state index contributed by atoms with van der Waals surface area (Å²) in [5.74, 6) is -0.403. The Balaban J connectivity index is 1.79. The lowest BCUT2D eigenvalue weighted by Crippen LogP contribution is -2.13. The van der Waals surface area contributed by atoms with E-state index >= 15 is 0 Å². The molecule has 8 nitrogen and oxygen atoms in total. The number of carbonyl (C=O) groups is 2. The smallest absolute Gasteiger partial charge is 0.291 e. The molecular formula is C20H16ClN3O5. The van der Waals surface area contributed by atoms with Crippen molar-refractivity contribution in [1.29, 1.82) is 0 Å². The number of furan rings is 1. The number of rotatable bonds is 6. The Kier molecular flexibility index (Phi) is 5.94. The van der Waals surface area contributed by atoms with Crippen LogP contribution < -0.4 is 10.6 Å². The number of benzene rings is 2. The maximum absolute atomic E-state index is 12.5. The number of hydrogen-bond acceptors (Lipinski definition) is 5. The van der Waals surface area contributed by atoms with Gasteiger partial charge in [0.05, 0.1) is 15.6 Å². The third-order valence-electron chi connectivity index (χ3n) is 3.99. The average Bonchev–Trinajstić information content (AvgIpc) is 3.21. The van der Waals surface area contributed by atoms with Gasteiger partial charge >= 0.3 is 0 Å². The number of anilines is 2. The Labute approximate surface area is 170 Å². The van der Waals surface area contributed by atoms with Crippen molar-refractivity contribution in [2.45, 2.75) is 13.3 Å². The van der Waals surface area contributed by atoms with E-state index in [9.17, 15) is 19.7 Å². The summed E-state index contributed by atoms with van der Waals surface area (Å²) in [7, 11) is 0. The highest BCUT2D eigenvalue weighted by atomic mass is 35.5. The van der Waals surface area contributed by atoms with Crippen LogP contribution in [0.25, 0.3) is 11.3 Å². The minimum absolute atomic E-state index is 0.00516. The van der Waals surface area contributed by atoms with Crippen molar-refractivity contribution in [3.8, 4) is 11.3 Å². The third-order valence-corrected chi connectivity index (χ3v) is 4.32. The number of nitro benzene ring substituents is 1. The Morgan fingerprint density at radius 3 is 2.62 bits per heavy atom. The molecule has 0 aliphatic heterocycles. The zero-order valence-electron chi connectivity index (χ0n) is 15.3. The molecule has 0 aliphatic rings. The van der Waals surface area contributed by atoms with Crippen LogP contribution in [-0.4, -0.2) is 16.7 Å². The number of nitrogens with one attached hydrogen (secondary N) is 2. The quantitative estimate of drug-likeness (QED) is 0.430. The second kappa shape index (κ2) is 8.57. The molecule has 2 N–H and O–H groups in total. The van der Waals surface area contributed by atoms with E-state index in [2.05, 4.69) is 10.6 Å². The van der Waals surface area contributed by atoms with Crippen LogP contribution in [0.2, 0.25) is 5.02 Å². The lowest BCUT2D eigenvalue weighted by Gasteiger charge is -2.09. The Hall–Kier alpha value is -3.65. The van der Waals surface area contributed by atoms with E-state index in [0.717, 1.165) is 0 Å². The second-order valence-electron chi connectivity index (χ2n) is 6.02. The van der Waals surface area contributed by atoms with Gasteiger partial charge in [-0.25, -0.2) is 0 Å². The normalized spacial score (nSPS) is 10.4. The molecule has 0 bridgehead atoms. The predicted molar refractivity (Wildman–Crippen MR) is 109 cm³/mol. The lowest BCUT2D eigenvalue weighted by atomic mass is 10.1. The largest absolute Gasteiger partial charge is 0.451 e. The molecule has 3 rings (SSSR count). The summed E-state index contributed by atoms with van der Waals surface area (Å²) in [4.78, 5) is 34.5. The number of non-ortho nitro benzene ring substituents is 1. The molecule has 0 spiro atoms. The van der Waals surface area contributed by atoms with E-state index in [1.807, 2.05) is 0 Å². The van der Waals surface area contributed by atoms with Crippen LogP contribution in [0.1, 0.15) is 23.9 Å². The minimum atomic E-state index is -0.553. The van der Waals surface area contributed by atoms with Gasteiger partial charge in [-0.15, -0.1) is 0 Å². The Bertz CT molecular complexity index is 1090. The predicted octanol–water partition coefficient (Wildman–Crippen LogP) is 5.11. The number of nitro groups is 1. The molecule has 148 valence electrons. The van der Waals surface area contributed by atoms with Crippen LogP contribution in [0, 0.1) is 10.1 Å². The summed E-state index contributed by atoms with van der Waals surface area (Å²) in [6.07, 6.45) is 0.317. The van der Waals surface area contributed by atoms with Crippen molar-refractivity contribution >= 4 is 40.5 Å². The molecule has 1 aromatic heterocycles. The first kappa shape index (κ1) is 20.1. The highest BCUT2D eigenvalue weighted by Crippen LogP contribution is 2.28. The van der Waals surface area contributed by atoms with Gasteiger partial charge in [-0.1, -0.05) is 30.7 Å². The van der Waals surface area contributed by atoms with E-state index < -0.39 is 10.8 Å². The SMILES string of the molecule is CCC(=O)Nc1ccc(Cl)c(NC(=O)c2ccc(-c3cccc([N+](=O)[O-])c3)o2)c1. The highest BCUT2D eigenvalue weighted by Gasteiger charge is 2.16. The maximum Gasteiger partial charge on any atom is 0.291 e. The lowest BCUT2D eigenvalue weighted by molar-refractivity contribution is -0.384. The van der Waals surface area contributed by atoms with Crippen LogP contribution in [-0.2, 0) is 4.79 Å². The van der Waals surface area contributed by atoms with Crippen LogP contribution >= 0.6 is 11.6 Å². The number of hydrogen-bond donors (Lipinski definition) is 2. The zero-order valence-corrected chi connectivity index (χ0v) is 16.0. The van der Waals surface area contributed by atoms with Gasteiger partial charge in [0, 0.05) is 29.8 Å². The van der Waals surface area contributed by atoms with Gasteiger partial charge in [-0.05, 0) is 30.3 Å². The number of halogens is 1. The van der Waals surface area contributed by atoms with Crippen LogP contribution in [0.3, 0.4) is 0 Å². The van der Waals surface area contributed by atoms with E-state index in [-0.39, 0.29) is 17.4 Å². The van der Waals surface area contributed by atoms with Crippen molar-refractivity contribution in [3.63, 3.8) is 0 Å². The molecule has 0 fully saturated rings. The summed E-state index contributed by atoms with van der Waals surface area (Å²) in [6, 6.07) is 13.6. The first-order valence-electron chi connectivity index (χ1n) is 8.62. The Morgan fingerprint density at radius 1 is 1.10 bits per heavy atom. The average molecular weight is 414 g/mol. The van der Waals surface area contributed by atoms with E-state index in [4.69, 9.17) is 16.0 Å². The zero-order chi connectivity index (χ0) is 21.0. The number of amides is 2. The number of nitrogens with zero attached hydrogens (tertiary/aromatic N) is 1. The molecule has 0 saturated heterocycles. The summed E-state index contributed by atoms with van der Waals surface area (Å²) in [5.41, 5.74) is 1.19. The van der Waals surface area contributed by atoms with Crippen molar-refractivity contribution in [2.24, 2.45) is 0 Å². The van der Waals surface area contributed by atoms with Crippen molar-refractivity contribution < 1.29 is 18.9 Å². The molecule has 2 aromatic carbocycles. The second-order valence-corrected chi connectivity index (χ2v) is 6.43. The van der Waals surface area contributed by atoms with Crippen molar-refractivity contribution in [3.05, 3.63) is 75.5 Å². The van der Waals surface area contributed by atoms with Crippen LogP contribution in [0.15, 0.2) is 59.0 Å². The molecule has 9 heteroatoms. The molecule has 0 atom stereocenters. The molecular weight excluding hydrogens is 398 g/mol. The van der Waals surface area contributed by atoms with E-state index in [1.165, 1.54) is 30.3 Å². The third kappa shape index (κ3) is 4.80. The maximum atomic E-state index is 12.5. The summed E-state index contributed by atoms with van der Waals surface area (Å²) < 4.78 is 5.54. The molecule has 0 radical (unpaired) electrons. The summed E-state index contributed by atoms with van der Waals surface area (Å²) in [6.45, 7) is 1.73. The molecule has 0 saturated carbocycles. The van der Waals surface area contributed by atoms with Gasteiger partial charge in [0.2, 0.25) is 5.91 Å². The molecule has 3 aromatic rings. The highest BCUT2D eigenvalue weighted by molar-refractivity contribution is 6.34. The van der Waals surface area contributed by atoms with Crippen molar-refractivity contribution in [1.82, 2.24) is 0 Å². The topological polar surface area (TPSA) is 114 Å². The number of carbonyl (C=O) groups excluding carboxylic acids is 2. The summed E-state index contributed by atoms with van der Waals surface area (Å²) in [5, 5.41) is 16.5. The standard InChI is InChI=1S/C20H16ClN3O5/c1-2-19(25)22-13-6-7-15(21)16(11-13)23-20(26)18-9-8-17(29-18)12-4-3-5-14(10-12)24(27)28/h3-11H,2H2,1H3,(H,22,25)(H,23,26). The molecule has 0 unspecified atom stereocenters. The molecule has 1 heterocycles. The molecule has 29 heavy (non-hydrogen) atoms. The van der Waals surface area contributed by atoms with Gasteiger partial charge in [0.1, 0.15) is 5.76 Å². The minimum Gasteiger partial charge on any atom is -0.451 e. The van der Waals surface area contributed by atoms with Gasteiger partial charge in [0.15, 0.2) is 5.76 Å². The van der Waals surface area contributed by atoms with Gasteiger partial charge in [-0.2, -0.15) is 0 Å². The fraction of sp³-hybridized carbons (Fsp3) is 0.100. The molecule has 0 aliphatic carbocycles. The fourth-order valence-corrected chi connectivity index (χ4v) is 2.68. The monoisotopic (exact) mass is 413 g/mol. The van der Waals surface area contributed by atoms with Crippen molar-refractivity contribution in [2.75, 3.05) is 10.6 Å².